The molecule has 0 aliphatic heterocycles. The predicted molar refractivity (Wildman–Crippen MR) is 37.6 cm³/mol. The Labute approximate surface area is 60.2 Å². The molecule has 0 aliphatic rings. The minimum Gasteiger partial charge on any atom is -0.164 e. The standard InChI is InChI=1S/C6H12N4/c1-4-10-8-6(5(2)3)7-9-10/h5H,4H2,1-3H3. The average Bonchev–Trinajstić information content (AvgIpc) is 2.34. The summed E-state index contributed by atoms with van der Waals surface area (Å²) in [6, 6.07) is 0. The van der Waals surface area contributed by atoms with E-state index in [0.717, 1.165) is 12.4 Å². The molecule has 56 valence electrons. The second kappa shape index (κ2) is 2.77. The fraction of sp³-hybridized carbons (Fsp3) is 0.833. The van der Waals surface area contributed by atoms with Crippen molar-refractivity contribution < 1.29 is 0 Å². The number of aryl methyl sites for hydroxylation is 1. The zero-order valence-electron chi connectivity index (χ0n) is 6.57. The van der Waals surface area contributed by atoms with Crippen molar-refractivity contribution in [1.82, 2.24) is 20.2 Å². The topological polar surface area (TPSA) is 43.6 Å². The van der Waals surface area contributed by atoms with E-state index >= 15 is 0 Å². The van der Waals surface area contributed by atoms with Gasteiger partial charge in [0.25, 0.3) is 0 Å². The van der Waals surface area contributed by atoms with E-state index in [9.17, 15) is 0 Å². The van der Waals surface area contributed by atoms with E-state index in [1.807, 2.05) is 6.92 Å². The molecule has 0 aromatic carbocycles. The number of tetrazole rings is 1. The third-order valence-corrected chi connectivity index (χ3v) is 1.27. The van der Waals surface area contributed by atoms with Crippen molar-refractivity contribution >= 4 is 0 Å². The fourth-order valence-electron chi connectivity index (χ4n) is 0.621. The number of hydrogen-bond acceptors (Lipinski definition) is 3. The molecule has 0 radical (unpaired) electrons. The summed E-state index contributed by atoms with van der Waals surface area (Å²) in [5, 5.41) is 11.8. The average molecular weight is 140 g/mol. The van der Waals surface area contributed by atoms with Crippen molar-refractivity contribution in [3.63, 3.8) is 0 Å². The first-order valence-corrected chi connectivity index (χ1v) is 3.51. The zero-order valence-corrected chi connectivity index (χ0v) is 6.57. The normalized spacial score (nSPS) is 10.8. The molecule has 0 amide bonds. The summed E-state index contributed by atoms with van der Waals surface area (Å²) in [6.45, 7) is 6.89. The van der Waals surface area contributed by atoms with Gasteiger partial charge >= 0.3 is 0 Å². The smallest absolute Gasteiger partial charge is 0.164 e. The Morgan fingerprint density at radius 2 is 2.20 bits per heavy atom. The lowest BCUT2D eigenvalue weighted by Gasteiger charge is -1.92. The van der Waals surface area contributed by atoms with E-state index in [2.05, 4.69) is 29.3 Å². The largest absolute Gasteiger partial charge is 0.177 e. The Kier molecular flexibility index (Phi) is 1.99. The number of hydrogen-bond donors (Lipinski definition) is 0. The number of rotatable bonds is 2. The summed E-state index contributed by atoms with van der Waals surface area (Å²) in [5.74, 6) is 1.20. The molecule has 4 nitrogen and oxygen atoms in total. The molecule has 0 fully saturated rings. The molecule has 4 heteroatoms. The monoisotopic (exact) mass is 140 g/mol. The van der Waals surface area contributed by atoms with Crippen LogP contribution in [0.4, 0.5) is 0 Å². The Morgan fingerprint density at radius 1 is 1.50 bits per heavy atom. The van der Waals surface area contributed by atoms with Crippen LogP contribution in [0, 0.1) is 0 Å². The second-order valence-corrected chi connectivity index (χ2v) is 2.49. The molecule has 1 heterocycles. The number of nitrogens with zero attached hydrogens (tertiary/aromatic N) is 4. The van der Waals surface area contributed by atoms with Crippen molar-refractivity contribution in [3.05, 3.63) is 5.82 Å². The van der Waals surface area contributed by atoms with Crippen LogP contribution in [-0.2, 0) is 6.54 Å². The molecule has 0 saturated heterocycles. The first-order chi connectivity index (χ1) is 4.74. The van der Waals surface area contributed by atoms with Gasteiger partial charge in [-0.15, -0.1) is 10.2 Å². The molecule has 1 rings (SSSR count). The Morgan fingerprint density at radius 3 is 2.50 bits per heavy atom. The Balaban J connectivity index is 2.78. The molecular weight excluding hydrogens is 128 g/mol. The van der Waals surface area contributed by atoms with E-state index in [4.69, 9.17) is 0 Å². The van der Waals surface area contributed by atoms with Gasteiger partial charge in [-0.25, -0.2) is 0 Å². The van der Waals surface area contributed by atoms with Gasteiger partial charge < -0.3 is 0 Å². The van der Waals surface area contributed by atoms with Crippen LogP contribution in [0.1, 0.15) is 32.5 Å². The third kappa shape index (κ3) is 1.32. The van der Waals surface area contributed by atoms with Gasteiger partial charge in [-0.2, -0.15) is 4.80 Å². The quantitative estimate of drug-likeness (QED) is 0.610. The van der Waals surface area contributed by atoms with Crippen molar-refractivity contribution in [1.29, 1.82) is 0 Å². The minimum absolute atomic E-state index is 0.375. The van der Waals surface area contributed by atoms with Gasteiger partial charge in [-0.3, -0.25) is 0 Å². The van der Waals surface area contributed by atoms with Crippen molar-refractivity contribution in [2.75, 3.05) is 0 Å². The van der Waals surface area contributed by atoms with E-state index in [0.29, 0.717) is 5.92 Å². The molecule has 10 heavy (non-hydrogen) atoms. The first kappa shape index (κ1) is 7.18. The van der Waals surface area contributed by atoms with Gasteiger partial charge in [0.1, 0.15) is 0 Å². The molecule has 0 spiro atoms. The van der Waals surface area contributed by atoms with Crippen molar-refractivity contribution in [2.45, 2.75) is 33.2 Å². The maximum atomic E-state index is 4.12. The van der Waals surface area contributed by atoms with Crippen LogP contribution in [0.25, 0.3) is 0 Å². The summed E-state index contributed by atoms with van der Waals surface area (Å²) in [4.78, 5) is 1.59. The zero-order chi connectivity index (χ0) is 7.56. The van der Waals surface area contributed by atoms with Gasteiger partial charge in [0, 0.05) is 5.92 Å². The van der Waals surface area contributed by atoms with E-state index in [-0.39, 0.29) is 0 Å². The van der Waals surface area contributed by atoms with Gasteiger partial charge in [-0.1, -0.05) is 13.8 Å². The highest BCUT2D eigenvalue weighted by atomic mass is 15.6. The Bertz CT molecular complexity index is 203. The van der Waals surface area contributed by atoms with Gasteiger partial charge in [0.15, 0.2) is 5.82 Å². The number of aromatic nitrogens is 4. The van der Waals surface area contributed by atoms with Gasteiger partial charge in [-0.05, 0) is 12.1 Å². The van der Waals surface area contributed by atoms with Crippen LogP contribution >= 0.6 is 0 Å². The van der Waals surface area contributed by atoms with Crippen molar-refractivity contribution in [3.8, 4) is 0 Å². The molecule has 1 aromatic rings. The van der Waals surface area contributed by atoms with E-state index < -0.39 is 0 Å². The summed E-state index contributed by atoms with van der Waals surface area (Å²) < 4.78 is 0. The molecule has 0 bridgehead atoms. The highest BCUT2D eigenvalue weighted by Crippen LogP contribution is 2.04. The summed E-state index contributed by atoms with van der Waals surface area (Å²) >= 11 is 0. The van der Waals surface area contributed by atoms with Gasteiger partial charge in [0.05, 0.1) is 6.54 Å². The maximum Gasteiger partial charge on any atom is 0.177 e. The van der Waals surface area contributed by atoms with Crippen LogP contribution < -0.4 is 0 Å². The van der Waals surface area contributed by atoms with Crippen LogP contribution in [0.15, 0.2) is 0 Å². The maximum absolute atomic E-state index is 4.12. The summed E-state index contributed by atoms with van der Waals surface area (Å²) in [7, 11) is 0. The summed E-state index contributed by atoms with van der Waals surface area (Å²) in [5.41, 5.74) is 0. The lowest BCUT2D eigenvalue weighted by atomic mass is 10.2. The lowest BCUT2D eigenvalue weighted by molar-refractivity contribution is 0.549. The lowest BCUT2D eigenvalue weighted by Crippen LogP contribution is -1.99. The Hall–Kier alpha value is -0.930. The van der Waals surface area contributed by atoms with Crippen LogP contribution in [0.2, 0.25) is 0 Å². The van der Waals surface area contributed by atoms with E-state index in [1.54, 1.807) is 4.80 Å². The fourth-order valence-corrected chi connectivity index (χ4v) is 0.621. The van der Waals surface area contributed by atoms with Crippen LogP contribution in [0.3, 0.4) is 0 Å². The predicted octanol–water partition coefficient (Wildman–Crippen LogP) is 0.816. The third-order valence-electron chi connectivity index (χ3n) is 1.27. The highest BCUT2D eigenvalue weighted by Gasteiger charge is 2.04. The molecular formula is C6H12N4. The summed E-state index contributed by atoms with van der Waals surface area (Å²) in [6.07, 6.45) is 0. The van der Waals surface area contributed by atoms with Crippen LogP contribution in [0.5, 0.6) is 0 Å². The molecule has 0 atom stereocenters. The molecule has 0 unspecified atom stereocenters. The first-order valence-electron chi connectivity index (χ1n) is 3.51. The molecule has 0 aliphatic carbocycles. The molecule has 0 N–H and O–H groups in total. The van der Waals surface area contributed by atoms with Crippen molar-refractivity contribution in [2.24, 2.45) is 0 Å². The second-order valence-electron chi connectivity index (χ2n) is 2.49. The SMILES string of the molecule is CCn1nnc(C(C)C)n1. The van der Waals surface area contributed by atoms with E-state index in [1.165, 1.54) is 0 Å². The highest BCUT2D eigenvalue weighted by molar-refractivity contribution is 4.84. The minimum atomic E-state index is 0.375. The molecule has 0 saturated carbocycles. The van der Waals surface area contributed by atoms with Crippen LogP contribution in [-0.4, -0.2) is 20.2 Å². The molecule has 1 aromatic heterocycles. The van der Waals surface area contributed by atoms with Gasteiger partial charge in [0.2, 0.25) is 0 Å².